The summed E-state index contributed by atoms with van der Waals surface area (Å²) in [6, 6.07) is 2.43. The molecule has 0 bridgehead atoms. The Morgan fingerprint density at radius 3 is 2.65 bits per heavy atom. The fourth-order valence-electron chi connectivity index (χ4n) is 2.05. The van der Waals surface area contributed by atoms with Gasteiger partial charge in [-0.3, -0.25) is 0 Å². The summed E-state index contributed by atoms with van der Waals surface area (Å²) >= 11 is 5.81. The molecule has 0 radical (unpaired) electrons. The Morgan fingerprint density at radius 2 is 2.15 bits per heavy atom. The van der Waals surface area contributed by atoms with E-state index in [0.29, 0.717) is 4.88 Å². The molecule has 0 amide bonds. The van der Waals surface area contributed by atoms with E-state index in [1.807, 2.05) is 0 Å². The first kappa shape index (κ1) is 15.8. The van der Waals surface area contributed by atoms with Gasteiger partial charge in [0.05, 0.1) is 16.4 Å². The van der Waals surface area contributed by atoms with Crippen LogP contribution in [0.25, 0.3) is 0 Å². The molecule has 1 fully saturated rings. The third kappa shape index (κ3) is 3.03. The molecule has 6 nitrogen and oxygen atoms in total. The summed E-state index contributed by atoms with van der Waals surface area (Å²) in [5.74, 6) is -0.302. The third-order valence-electron chi connectivity index (χ3n) is 3.00. The summed E-state index contributed by atoms with van der Waals surface area (Å²) in [6.45, 7) is 1.57. The quantitative estimate of drug-likeness (QED) is 0.778. The lowest BCUT2D eigenvalue weighted by atomic mass is 10.4. The topological polar surface area (TPSA) is 97.5 Å². The van der Waals surface area contributed by atoms with Gasteiger partial charge in [0.25, 0.3) is 10.0 Å². The minimum absolute atomic E-state index is 0.0217. The Kier molecular flexibility index (Phi) is 4.22. The fraction of sp³-hybridized carbons (Fsp3) is 0.500. The van der Waals surface area contributed by atoms with Gasteiger partial charge in [0.15, 0.2) is 9.84 Å². The van der Waals surface area contributed by atoms with Crippen LogP contribution < -0.4 is 5.73 Å². The van der Waals surface area contributed by atoms with Crippen molar-refractivity contribution in [3.63, 3.8) is 0 Å². The van der Waals surface area contributed by atoms with Gasteiger partial charge in [-0.15, -0.1) is 11.3 Å². The summed E-state index contributed by atoms with van der Waals surface area (Å²) in [7, 11) is -6.86. The second-order valence-electron chi connectivity index (χ2n) is 4.56. The molecule has 1 aliphatic heterocycles. The zero-order valence-electron chi connectivity index (χ0n) is 10.6. The Balaban J connectivity index is 2.33. The van der Waals surface area contributed by atoms with Gasteiger partial charge in [-0.25, -0.2) is 16.8 Å². The molecule has 0 spiro atoms. The minimum atomic E-state index is -3.70. The molecule has 1 aliphatic rings. The number of rotatable bonds is 3. The molecule has 1 aromatic heterocycles. The summed E-state index contributed by atoms with van der Waals surface area (Å²) < 4.78 is 49.4. The maximum atomic E-state index is 12.5. The highest BCUT2D eigenvalue weighted by molar-refractivity contribution is 7.93. The molecule has 0 aromatic carbocycles. The molecule has 2 N–H and O–H groups in total. The first-order valence-corrected chi connectivity index (χ1v) is 10.2. The van der Waals surface area contributed by atoms with Crippen molar-refractivity contribution in [2.75, 3.05) is 18.1 Å². The fourth-order valence-corrected chi connectivity index (χ4v) is 6.93. The van der Waals surface area contributed by atoms with E-state index in [9.17, 15) is 16.8 Å². The average Bonchev–Trinajstić information content (AvgIpc) is 2.76. The van der Waals surface area contributed by atoms with Gasteiger partial charge in [0.2, 0.25) is 0 Å². The molecular formula is C10H14N2O4S4. The molecule has 1 atom stereocenters. The van der Waals surface area contributed by atoms with E-state index in [4.69, 9.17) is 18.0 Å². The van der Waals surface area contributed by atoms with Crippen LogP contribution in [0.5, 0.6) is 0 Å². The van der Waals surface area contributed by atoms with Crippen LogP contribution in [0.3, 0.4) is 0 Å². The van der Waals surface area contributed by atoms with Crippen LogP contribution in [-0.2, 0) is 19.9 Å². The lowest BCUT2D eigenvalue weighted by Crippen LogP contribution is -2.49. The van der Waals surface area contributed by atoms with Gasteiger partial charge in [0.1, 0.15) is 9.20 Å². The summed E-state index contributed by atoms with van der Waals surface area (Å²) in [5.41, 5.74) is 5.47. The molecule has 2 heterocycles. The van der Waals surface area contributed by atoms with Crippen molar-refractivity contribution < 1.29 is 16.8 Å². The van der Waals surface area contributed by atoms with E-state index < -0.39 is 25.9 Å². The second-order valence-corrected chi connectivity index (χ2v) is 10.4. The number of thiocarbonyl (C=S) groups is 1. The predicted molar refractivity (Wildman–Crippen MR) is 82.2 cm³/mol. The van der Waals surface area contributed by atoms with E-state index in [0.717, 1.165) is 11.3 Å². The van der Waals surface area contributed by atoms with Crippen LogP contribution in [0.15, 0.2) is 16.3 Å². The highest BCUT2D eigenvalue weighted by Crippen LogP contribution is 2.28. The maximum Gasteiger partial charge on any atom is 0.252 e. The Bertz CT molecular complexity index is 735. The van der Waals surface area contributed by atoms with Crippen LogP contribution >= 0.6 is 23.6 Å². The third-order valence-corrected chi connectivity index (χ3v) is 8.74. The van der Waals surface area contributed by atoms with E-state index >= 15 is 0 Å². The number of hydrogen-bond donors (Lipinski definition) is 1. The first-order chi connectivity index (χ1) is 9.13. The lowest BCUT2D eigenvalue weighted by molar-refractivity contribution is 0.357. The molecule has 112 valence electrons. The smallest absolute Gasteiger partial charge is 0.252 e. The minimum Gasteiger partial charge on any atom is -0.389 e. The van der Waals surface area contributed by atoms with E-state index in [2.05, 4.69) is 0 Å². The van der Waals surface area contributed by atoms with Crippen LogP contribution in [0.1, 0.15) is 11.8 Å². The highest BCUT2D eigenvalue weighted by Gasteiger charge is 2.37. The summed E-state index contributed by atoms with van der Waals surface area (Å²) in [4.78, 5) is 0.668. The van der Waals surface area contributed by atoms with Gasteiger partial charge in [-0.1, -0.05) is 12.2 Å². The molecule has 0 aliphatic carbocycles. The number of hydrogen-bond acceptors (Lipinski definition) is 6. The number of thiophene rings is 1. The molecule has 20 heavy (non-hydrogen) atoms. The van der Waals surface area contributed by atoms with Gasteiger partial charge in [-0.2, -0.15) is 4.31 Å². The van der Waals surface area contributed by atoms with E-state index in [1.165, 1.54) is 10.4 Å². The summed E-state index contributed by atoms with van der Waals surface area (Å²) in [6.07, 6.45) is 0. The summed E-state index contributed by atoms with van der Waals surface area (Å²) in [5, 5.41) is 0. The van der Waals surface area contributed by atoms with Crippen molar-refractivity contribution in [3.8, 4) is 0 Å². The van der Waals surface area contributed by atoms with Crippen molar-refractivity contribution >= 4 is 48.4 Å². The lowest BCUT2D eigenvalue weighted by Gasteiger charge is -2.31. The zero-order valence-corrected chi connectivity index (χ0v) is 13.9. The second kappa shape index (κ2) is 5.34. The Morgan fingerprint density at radius 1 is 1.50 bits per heavy atom. The number of nitrogens with zero attached hydrogens (tertiary/aromatic N) is 1. The van der Waals surface area contributed by atoms with Crippen LogP contribution in [0.2, 0.25) is 0 Å². The van der Waals surface area contributed by atoms with Crippen molar-refractivity contribution in [2.24, 2.45) is 5.73 Å². The molecule has 1 unspecified atom stereocenters. The molecule has 1 saturated heterocycles. The van der Waals surface area contributed by atoms with E-state index in [-0.39, 0.29) is 27.2 Å². The zero-order chi connectivity index (χ0) is 15.1. The van der Waals surface area contributed by atoms with Crippen LogP contribution in [0, 0.1) is 0 Å². The van der Waals surface area contributed by atoms with Crippen molar-refractivity contribution in [2.45, 2.75) is 17.2 Å². The van der Waals surface area contributed by atoms with Gasteiger partial charge in [0, 0.05) is 12.6 Å². The normalized spacial score (nSPS) is 23.6. The van der Waals surface area contributed by atoms with Crippen molar-refractivity contribution in [1.82, 2.24) is 4.31 Å². The van der Waals surface area contributed by atoms with Gasteiger partial charge < -0.3 is 5.73 Å². The van der Waals surface area contributed by atoms with Crippen LogP contribution in [-0.4, -0.2) is 50.2 Å². The van der Waals surface area contributed by atoms with Gasteiger partial charge >= 0.3 is 0 Å². The van der Waals surface area contributed by atoms with Crippen molar-refractivity contribution in [3.05, 3.63) is 17.0 Å². The highest BCUT2D eigenvalue weighted by atomic mass is 32.2. The van der Waals surface area contributed by atoms with Crippen LogP contribution in [0.4, 0.5) is 0 Å². The maximum absolute atomic E-state index is 12.5. The number of sulfonamides is 1. The number of sulfone groups is 1. The largest absolute Gasteiger partial charge is 0.389 e. The van der Waals surface area contributed by atoms with Crippen molar-refractivity contribution in [1.29, 1.82) is 0 Å². The average molecular weight is 355 g/mol. The standard InChI is InChI=1S/C10H14N2O4S4/c1-7-6-19(13,14)5-4-12(7)20(15,16)9-3-2-8(18-9)10(11)17/h2-3,7H,4-6H2,1H3,(H2,11,17). The number of nitrogens with two attached hydrogens (primary N) is 1. The molecular weight excluding hydrogens is 340 g/mol. The predicted octanol–water partition coefficient (Wildman–Crippen LogP) is 0.190. The monoisotopic (exact) mass is 354 g/mol. The molecule has 1 aromatic rings. The first-order valence-electron chi connectivity index (χ1n) is 5.75. The Labute approximate surface area is 127 Å². The molecule has 10 heteroatoms. The van der Waals surface area contributed by atoms with Gasteiger partial charge in [-0.05, 0) is 19.1 Å². The SMILES string of the molecule is CC1CS(=O)(=O)CCN1S(=O)(=O)c1ccc(C(N)=S)s1. The molecule has 2 rings (SSSR count). The Hall–Kier alpha value is -0.550. The van der Waals surface area contributed by atoms with E-state index in [1.54, 1.807) is 13.0 Å². The molecule has 0 saturated carbocycles.